The monoisotopic (exact) mass is 260 g/mol. The van der Waals surface area contributed by atoms with Gasteiger partial charge in [0.1, 0.15) is 5.15 Å². The maximum Gasteiger partial charge on any atom is 0.129 e. The van der Waals surface area contributed by atoms with Gasteiger partial charge in [0, 0.05) is 19.6 Å². The van der Waals surface area contributed by atoms with E-state index in [4.69, 9.17) is 23.2 Å². The van der Waals surface area contributed by atoms with Gasteiger partial charge in [-0.25, -0.2) is 4.98 Å². The molecule has 1 saturated heterocycles. The van der Waals surface area contributed by atoms with E-state index in [0.29, 0.717) is 29.8 Å². The van der Waals surface area contributed by atoms with Crippen LogP contribution in [0.3, 0.4) is 0 Å². The maximum absolute atomic E-state index is 9.87. The summed E-state index contributed by atoms with van der Waals surface area (Å²) in [5.41, 5.74) is 0.248. The molecule has 0 atom stereocenters. The van der Waals surface area contributed by atoms with Gasteiger partial charge in [0.25, 0.3) is 0 Å². The zero-order valence-electron chi connectivity index (χ0n) is 9.08. The molecule has 16 heavy (non-hydrogen) atoms. The molecule has 0 radical (unpaired) electrons. The van der Waals surface area contributed by atoms with Gasteiger partial charge in [0.15, 0.2) is 0 Å². The molecule has 2 rings (SSSR count). The molecule has 0 aliphatic carbocycles. The highest BCUT2D eigenvalue weighted by Crippen LogP contribution is 2.27. The minimum Gasteiger partial charge on any atom is -0.387 e. The van der Waals surface area contributed by atoms with Gasteiger partial charge < -0.3 is 5.11 Å². The number of hydrogen-bond donors (Lipinski definition) is 1. The smallest absolute Gasteiger partial charge is 0.129 e. The Labute approximate surface area is 105 Å². The summed E-state index contributed by atoms with van der Waals surface area (Å²) in [7, 11) is 0. The second-order valence-electron chi connectivity index (χ2n) is 4.29. The van der Waals surface area contributed by atoms with Crippen molar-refractivity contribution in [3.8, 4) is 0 Å². The summed E-state index contributed by atoms with van der Waals surface area (Å²) in [6.45, 7) is 3.98. The number of halogens is 2. The highest BCUT2D eigenvalue weighted by Gasteiger charge is 2.39. The number of hydrogen-bond acceptors (Lipinski definition) is 3. The van der Waals surface area contributed by atoms with Crippen LogP contribution in [0.15, 0.2) is 12.1 Å². The summed E-state index contributed by atoms with van der Waals surface area (Å²) in [6, 6.07) is 3.42. The first-order valence-electron chi connectivity index (χ1n) is 5.28. The molecule has 1 N–H and O–H groups in total. The van der Waals surface area contributed by atoms with E-state index in [1.165, 1.54) is 0 Å². The summed E-state index contributed by atoms with van der Waals surface area (Å²) >= 11 is 11.8. The van der Waals surface area contributed by atoms with E-state index < -0.39 is 5.60 Å². The van der Waals surface area contributed by atoms with E-state index in [2.05, 4.69) is 9.88 Å². The standard InChI is InChI=1S/C11H14Cl2N2O/c1-2-11(16)6-15(7-11)5-9-8(12)3-4-10(13)14-9/h3-4,16H,2,5-7H2,1H3. The van der Waals surface area contributed by atoms with Crippen molar-refractivity contribution >= 4 is 23.2 Å². The van der Waals surface area contributed by atoms with Gasteiger partial charge in [-0.3, -0.25) is 4.90 Å². The molecule has 0 aromatic carbocycles. The Bertz CT molecular complexity index is 392. The fourth-order valence-electron chi connectivity index (χ4n) is 1.90. The van der Waals surface area contributed by atoms with Gasteiger partial charge in [-0.1, -0.05) is 30.1 Å². The molecule has 1 aliphatic rings. The van der Waals surface area contributed by atoms with E-state index in [1.807, 2.05) is 6.92 Å². The Morgan fingerprint density at radius 3 is 2.75 bits per heavy atom. The Morgan fingerprint density at radius 1 is 1.44 bits per heavy atom. The van der Waals surface area contributed by atoms with Gasteiger partial charge in [-0.2, -0.15) is 0 Å². The van der Waals surface area contributed by atoms with Gasteiger partial charge in [0.05, 0.1) is 16.3 Å². The van der Waals surface area contributed by atoms with Crippen molar-refractivity contribution in [1.29, 1.82) is 0 Å². The summed E-state index contributed by atoms with van der Waals surface area (Å²) in [4.78, 5) is 6.28. The summed E-state index contributed by atoms with van der Waals surface area (Å²) in [5, 5.41) is 10.9. The highest BCUT2D eigenvalue weighted by atomic mass is 35.5. The van der Waals surface area contributed by atoms with Gasteiger partial charge >= 0.3 is 0 Å². The van der Waals surface area contributed by atoms with E-state index in [9.17, 15) is 5.11 Å². The lowest BCUT2D eigenvalue weighted by Gasteiger charge is -2.46. The largest absolute Gasteiger partial charge is 0.387 e. The molecular formula is C11H14Cl2N2O. The first-order chi connectivity index (χ1) is 7.52. The Hall–Kier alpha value is -0.350. The molecule has 5 heteroatoms. The normalized spacial score (nSPS) is 19.5. The van der Waals surface area contributed by atoms with Crippen LogP contribution in [0.4, 0.5) is 0 Å². The quantitative estimate of drug-likeness (QED) is 0.848. The highest BCUT2D eigenvalue weighted by molar-refractivity contribution is 6.32. The van der Waals surface area contributed by atoms with Crippen LogP contribution in [0.25, 0.3) is 0 Å². The third-order valence-electron chi connectivity index (χ3n) is 2.95. The molecular weight excluding hydrogens is 247 g/mol. The van der Waals surface area contributed by atoms with Crippen molar-refractivity contribution in [3.63, 3.8) is 0 Å². The van der Waals surface area contributed by atoms with Crippen molar-refractivity contribution in [3.05, 3.63) is 28.0 Å². The van der Waals surface area contributed by atoms with Crippen molar-refractivity contribution in [2.45, 2.75) is 25.5 Å². The van der Waals surface area contributed by atoms with E-state index in [-0.39, 0.29) is 0 Å². The van der Waals surface area contributed by atoms with Crippen LogP contribution in [0, 0.1) is 0 Å². The third kappa shape index (κ3) is 2.48. The Balaban J connectivity index is 1.99. The molecule has 1 fully saturated rings. The Kier molecular flexibility index (Phi) is 3.40. The molecule has 0 unspecified atom stereocenters. The second kappa shape index (κ2) is 4.49. The lowest BCUT2D eigenvalue weighted by atomic mass is 9.91. The molecule has 3 nitrogen and oxygen atoms in total. The van der Waals surface area contributed by atoms with E-state index >= 15 is 0 Å². The molecule has 0 saturated carbocycles. The van der Waals surface area contributed by atoms with E-state index in [1.54, 1.807) is 12.1 Å². The summed E-state index contributed by atoms with van der Waals surface area (Å²) in [6.07, 6.45) is 0.778. The lowest BCUT2D eigenvalue weighted by Crippen LogP contribution is -2.60. The number of aliphatic hydroxyl groups is 1. The first-order valence-corrected chi connectivity index (χ1v) is 6.04. The van der Waals surface area contributed by atoms with Crippen molar-refractivity contribution in [2.75, 3.05) is 13.1 Å². The molecule has 0 bridgehead atoms. The number of likely N-dealkylation sites (tertiary alicyclic amines) is 1. The maximum atomic E-state index is 9.87. The number of nitrogens with zero attached hydrogens (tertiary/aromatic N) is 2. The first kappa shape index (κ1) is 12.1. The average Bonchev–Trinajstić information content (AvgIpc) is 2.21. The van der Waals surface area contributed by atoms with Crippen LogP contribution in [0.1, 0.15) is 19.0 Å². The molecule has 0 spiro atoms. The van der Waals surface area contributed by atoms with Gasteiger partial charge in [-0.15, -0.1) is 0 Å². The van der Waals surface area contributed by atoms with Crippen LogP contribution in [0.5, 0.6) is 0 Å². The van der Waals surface area contributed by atoms with Crippen LogP contribution in [-0.4, -0.2) is 33.7 Å². The number of β-amino-alcohol motifs (C(OH)–C–C–N with tert-alkyl or cyclic N) is 1. The number of aromatic nitrogens is 1. The van der Waals surface area contributed by atoms with Crippen LogP contribution < -0.4 is 0 Å². The van der Waals surface area contributed by atoms with Crippen LogP contribution in [0.2, 0.25) is 10.2 Å². The zero-order chi connectivity index (χ0) is 11.8. The minimum atomic E-state index is -0.523. The van der Waals surface area contributed by atoms with Crippen LogP contribution >= 0.6 is 23.2 Å². The molecule has 2 heterocycles. The van der Waals surface area contributed by atoms with E-state index in [0.717, 1.165) is 12.1 Å². The topological polar surface area (TPSA) is 36.4 Å². The fourth-order valence-corrected chi connectivity index (χ4v) is 2.23. The number of rotatable bonds is 3. The van der Waals surface area contributed by atoms with Crippen molar-refractivity contribution in [1.82, 2.24) is 9.88 Å². The molecule has 1 aromatic heterocycles. The summed E-state index contributed by atoms with van der Waals surface area (Å²) in [5.74, 6) is 0. The fraction of sp³-hybridized carbons (Fsp3) is 0.545. The second-order valence-corrected chi connectivity index (χ2v) is 5.08. The summed E-state index contributed by atoms with van der Waals surface area (Å²) < 4.78 is 0. The predicted octanol–water partition coefficient (Wildman–Crippen LogP) is 2.35. The zero-order valence-corrected chi connectivity index (χ0v) is 10.6. The molecule has 1 aromatic rings. The average molecular weight is 261 g/mol. The number of pyridine rings is 1. The van der Waals surface area contributed by atoms with Gasteiger partial charge in [0.2, 0.25) is 0 Å². The molecule has 1 aliphatic heterocycles. The third-order valence-corrected chi connectivity index (χ3v) is 3.51. The minimum absolute atomic E-state index is 0.450. The Morgan fingerprint density at radius 2 is 2.12 bits per heavy atom. The van der Waals surface area contributed by atoms with Crippen molar-refractivity contribution in [2.24, 2.45) is 0 Å². The SMILES string of the molecule is CCC1(O)CN(Cc2nc(Cl)ccc2Cl)C1. The molecule has 0 amide bonds. The molecule has 88 valence electrons. The van der Waals surface area contributed by atoms with Gasteiger partial charge in [-0.05, 0) is 18.6 Å². The van der Waals surface area contributed by atoms with Crippen LogP contribution in [-0.2, 0) is 6.54 Å². The van der Waals surface area contributed by atoms with Crippen molar-refractivity contribution < 1.29 is 5.11 Å². The predicted molar refractivity (Wildman–Crippen MR) is 64.8 cm³/mol. The lowest BCUT2D eigenvalue weighted by molar-refractivity contribution is -0.103.